The van der Waals surface area contributed by atoms with Gasteiger partial charge in [-0.1, -0.05) is 11.3 Å². The third-order valence-corrected chi connectivity index (χ3v) is 9.44. The second kappa shape index (κ2) is 7.28. The number of fused-ring (bicyclic) bond motifs is 1. The average molecular weight is 449 g/mol. The van der Waals surface area contributed by atoms with Gasteiger partial charge in [-0.25, -0.2) is 8.42 Å². The third-order valence-electron chi connectivity index (χ3n) is 7.29. The lowest BCUT2D eigenvalue weighted by molar-refractivity contribution is -0.142. The lowest BCUT2D eigenvalue weighted by Crippen LogP contribution is -2.50. The minimum atomic E-state index is -3.29. The first-order valence-corrected chi connectivity index (χ1v) is 13.4. The molecule has 162 valence electrons. The van der Waals surface area contributed by atoms with Gasteiger partial charge < -0.3 is 9.30 Å². The summed E-state index contributed by atoms with van der Waals surface area (Å²) in [5, 5.41) is 0. The molecule has 4 aliphatic rings. The highest BCUT2D eigenvalue weighted by Crippen LogP contribution is 2.60. The molecule has 0 spiro atoms. The van der Waals surface area contributed by atoms with E-state index >= 15 is 0 Å². The van der Waals surface area contributed by atoms with Crippen LogP contribution in [0.5, 0.6) is 0 Å². The molecule has 0 aliphatic heterocycles. The highest BCUT2D eigenvalue weighted by Gasteiger charge is 2.54. The van der Waals surface area contributed by atoms with Crippen molar-refractivity contribution in [2.75, 3.05) is 20.0 Å². The van der Waals surface area contributed by atoms with E-state index in [0.717, 1.165) is 29.5 Å². The molecule has 2 aromatic rings. The van der Waals surface area contributed by atoms with Crippen LogP contribution in [0.15, 0.2) is 28.1 Å². The number of sulfone groups is 1. The predicted molar refractivity (Wildman–Crippen MR) is 116 cm³/mol. The minimum Gasteiger partial charge on any atom is -0.383 e. The molecule has 6 rings (SSSR count). The molecule has 1 heterocycles. The Bertz CT molecular complexity index is 1140. The molecule has 4 bridgehead atoms. The van der Waals surface area contributed by atoms with Crippen LogP contribution in [0.3, 0.4) is 0 Å². The summed E-state index contributed by atoms with van der Waals surface area (Å²) in [6.07, 6.45) is 8.04. The predicted octanol–water partition coefficient (Wildman–Crippen LogP) is 3.40. The zero-order valence-corrected chi connectivity index (χ0v) is 19.1. The third kappa shape index (κ3) is 3.46. The molecule has 4 aliphatic carbocycles. The Balaban J connectivity index is 1.58. The van der Waals surface area contributed by atoms with E-state index in [-0.39, 0.29) is 16.2 Å². The number of rotatable bonds is 5. The Hall–Kier alpha value is -1.51. The largest absolute Gasteiger partial charge is 0.383 e. The van der Waals surface area contributed by atoms with Crippen LogP contribution in [0.2, 0.25) is 0 Å². The van der Waals surface area contributed by atoms with E-state index in [1.165, 1.54) is 36.9 Å². The molecule has 0 saturated heterocycles. The van der Waals surface area contributed by atoms with Crippen molar-refractivity contribution in [2.24, 2.45) is 28.2 Å². The first-order chi connectivity index (χ1) is 14.3. The number of ether oxygens (including phenoxy) is 1. The standard InChI is InChI=1S/C22H28N2O4S2/c1-28-6-5-24-18-4-3-17(30(2,26)27)10-19(18)29-21(24)23-20(25)22-11-14-7-15(12-22)9-16(8-14)13-22/h3-4,10,14-16H,5-9,11-13H2,1-2H3/b23-21-. The SMILES string of the molecule is COCCn1/c(=N/C(=O)C23CC4CC(CC(C4)C2)C3)sc2cc(S(C)(=O)=O)ccc21. The summed E-state index contributed by atoms with van der Waals surface area (Å²) in [5.74, 6) is 2.10. The van der Waals surface area contributed by atoms with Crippen LogP contribution < -0.4 is 4.80 Å². The Labute approximate surface area is 180 Å². The summed E-state index contributed by atoms with van der Waals surface area (Å²) in [7, 11) is -1.65. The van der Waals surface area contributed by atoms with Gasteiger partial charge in [0.1, 0.15) is 0 Å². The maximum absolute atomic E-state index is 13.5. The topological polar surface area (TPSA) is 77.7 Å². The number of thiazole rings is 1. The maximum atomic E-state index is 13.5. The number of benzene rings is 1. The van der Waals surface area contributed by atoms with Crippen molar-refractivity contribution in [3.63, 3.8) is 0 Å². The van der Waals surface area contributed by atoms with Crippen LogP contribution in [-0.4, -0.2) is 38.9 Å². The fourth-order valence-corrected chi connectivity index (χ4v) is 8.16. The summed E-state index contributed by atoms with van der Waals surface area (Å²) in [6, 6.07) is 5.12. The van der Waals surface area contributed by atoms with Gasteiger partial charge in [0.25, 0.3) is 5.91 Å². The molecule has 8 heteroatoms. The molecule has 1 amide bonds. The van der Waals surface area contributed by atoms with Crippen LogP contribution in [0, 0.1) is 23.2 Å². The first-order valence-electron chi connectivity index (χ1n) is 10.7. The van der Waals surface area contributed by atoms with Crippen LogP contribution in [0.4, 0.5) is 0 Å². The van der Waals surface area contributed by atoms with Gasteiger partial charge in [-0.15, -0.1) is 0 Å². The fourth-order valence-electron chi connectivity index (χ4n) is 6.35. The smallest absolute Gasteiger partial charge is 0.254 e. The van der Waals surface area contributed by atoms with E-state index in [0.29, 0.717) is 35.7 Å². The van der Waals surface area contributed by atoms with Crippen LogP contribution in [0.1, 0.15) is 38.5 Å². The summed E-state index contributed by atoms with van der Waals surface area (Å²) in [4.78, 5) is 19.1. The first kappa shape index (κ1) is 20.4. The average Bonchev–Trinajstić information content (AvgIpc) is 3.00. The van der Waals surface area contributed by atoms with Crippen molar-refractivity contribution >= 4 is 37.3 Å². The monoisotopic (exact) mass is 448 g/mol. The Morgan fingerprint density at radius 2 is 1.83 bits per heavy atom. The summed E-state index contributed by atoms with van der Waals surface area (Å²) in [6.45, 7) is 1.07. The summed E-state index contributed by atoms with van der Waals surface area (Å²) >= 11 is 1.39. The Morgan fingerprint density at radius 1 is 1.20 bits per heavy atom. The van der Waals surface area contributed by atoms with Crippen LogP contribution in [-0.2, 0) is 25.9 Å². The van der Waals surface area contributed by atoms with Crippen molar-refractivity contribution in [3.8, 4) is 0 Å². The van der Waals surface area contributed by atoms with Crippen molar-refractivity contribution in [1.82, 2.24) is 4.57 Å². The highest BCUT2D eigenvalue weighted by molar-refractivity contribution is 7.90. The molecule has 30 heavy (non-hydrogen) atoms. The van der Waals surface area contributed by atoms with Gasteiger partial charge in [-0.05, 0) is 74.5 Å². The Kier molecular flexibility index (Phi) is 4.95. The number of amides is 1. The molecular formula is C22H28N2O4S2. The summed E-state index contributed by atoms with van der Waals surface area (Å²) in [5.41, 5.74) is 0.614. The normalized spacial score (nSPS) is 31.0. The van der Waals surface area contributed by atoms with E-state index in [2.05, 4.69) is 4.99 Å². The van der Waals surface area contributed by atoms with E-state index in [1.807, 2.05) is 10.6 Å². The van der Waals surface area contributed by atoms with Gasteiger partial charge in [0.2, 0.25) is 0 Å². The maximum Gasteiger partial charge on any atom is 0.254 e. The molecule has 0 atom stereocenters. The minimum absolute atomic E-state index is 0.0302. The lowest BCUT2D eigenvalue weighted by atomic mass is 9.49. The second-order valence-corrected chi connectivity index (χ2v) is 12.6. The van der Waals surface area contributed by atoms with Crippen molar-refractivity contribution < 1.29 is 17.9 Å². The van der Waals surface area contributed by atoms with Gasteiger partial charge in [-0.3, -0.25) is 4.79 Å². The molecule has 4 fully saturated rings. The van der Waals surface area contributed by atoms with Crippen LogP contribution in [0.25, 0.3) is 10.2 Å². The van der Waals surface area contributed by atoms with Crippen LogP contribution >= 0.6 is 11.3 Å². The number of nitrogens with zero attached hydrogens (tertiary/aromatic N) is 2. The number of hydrogen-bond donors (Lipinski definition) is 0. The van der Waals surface area contributed by atoms with E-state index in [1.54, 1.807) is 19.2 Å². The molecule has 1 aromatic carbocycles. The quantitative estimate of drug-likeness (QED) is 0.702. The summed E-state index contributed by atoms with van der Waals surface area (Å²) < 4.78 is 32.0. The number of carbonyl (C=O) groups excluding carboxylic acids is 1. The lowest BCUT2D eigenvalue weighted by Gasteiger charge is -2.55. The van der Waals surface area contributed by atoms with Gasteiger partial charge in [-0.2, -0.15) is 4.99 Å². The second-order valence-electron chi connectivity index (χ2n) is 9.55. The molecule has 6 nitrogen and oxygen atoms in total. The zero-order valence-electron chi connectivity index (χ0n) is 17.5. The molecule has 1 aromatic heterocycles. The highest BCUT2D eigenvalue weighted by atomic mass is 32.2. The van der Waals surface area contributed by atoms with Crippen molar-refractivity contribution in [3.05, 3.63) is 23.0 Å². The van der Waals surface area contributed by atoms with Crippen molar-refractivity contribution in [1.29, 1.82) is 0 Å². The molecule has 4 saturated carbocycles. The van der Waals surface area contributed by atoms with Gasteiger partial charge in [0, 0.05) is 19.9 Å². The molecule has 0 N–H and O–H groups in total. The molecular weight excluding hydrogens is 420 g/mol. The van der Waals surface area contributed by atoms with E-state index < -0.39 is 9.84 Å². The number of methoxy groups -OCH3 is 1. The molecule has 0 unspecified atom stereocenters. The molecule has 0 radical (unpaired) electrons. The van der Waals surface area contributed by atoms with E-state index in [4.69, 9.17) is 4.74 Å². The zero-order chi connectivity index (χ0) is 21.1. The van der Waals surface area contributed by atoms with Crippen molar-refractivity contribution in [2.45, 2.75) is 50.0 Å². The van der Waals surface area contributed by atoms with Gasteiger partial charge in [0.15, 0.2) is 14.6 Å². The number of aromatic nitrogens is 1. The van der Waals surface area contributed by atoms with Gasteiger partial charge in [0.05, 0.1) is 27.1 Å². The number of carbonyl (C=O) groups is 1. The fraction of sp³-hybridized carbons (Fsp3) is 0.636. The van der Waals surface area contributed by atoms with Gasteiger partial charge >= 0.3 is 0 Å². The number of hydrogen-bond acceptors (Lipinski definition) is 5. The van der Waals surface area contributed by atoms with E-state index in [9.17, 15) is 13.2 Å². The Morgan fingerprint density at radius 3 is 2.40 bits per heavy atom.